The fraction of sp³-hybridized carbons (Fsp3) is 0.429. The van der Waals surface area contributed by atoms with Crippen molar-refractivity contribution in [3.63, 3.8) is 0 Å². The number of nitrogens with zero attached hydrogens (tertiary/aromatic N) is 1. The van der Waals surface area contributed by atoms with Crippen molar-refractivity contribution in [3.8, 4) is 5.75 Å². The van der Waals surface area contributed by atoms with Gasteiger partial charge < -0.3 is 9.64 Å². The molecule has 0 atom stereocenters. The molecule has 1 heterocycles. The Morgan fingerprint density at radius 1 is 1.00 bits per heavy atom. The Balaban J connectivity index is 1.31. The van der Waals surface area contributed by atoms with E-state index >= 15 is 0 Å². The van der Waals surface area contributed by atoms with Crippen LogP contribution in [0, 0.1) is 11.7 Å². The van der Waals surface area contributed by atoms with Crippen LogP contribution in [0.5, 0.6) is 5.75 Å². The summed E-state index contributed by atoms with van der Waals surface area (Å²) in [4.78, 5) is 2.52. The SMILES string of the molecule is Fc1cccc(OCCCN2CCC(Cc3ccccc3)CC2)c1. The Kier molecular flexibility index (Phi) is 6.25. The van der Waals surface area contributed by atoms with E-state index in [1.165, 1.54) is 50.0 Å². The molecule has 2 aromatic carbocycles. The number of ether oxygens (including phenoxy) is 1. The molecule has 0 aliphatic carbocycles. The van der Waals surface area contributed by atoms with Gasteiger partial charge in [0, 0.05) is 12.6 Å². The summed E-state index contributed by atoms with van der Waals surface area (Å²) >= 11 is 0. The summed E-state index contributed by atoms with van der Waals surface area (Å²) in [7, 11) is 0. The van der Waals surface area contributed by atoms with Gasteiger partial charge in [0.05, 0.1) is 6.61 Å². The number of halogens is 1. The minimum atomic E-state index is -0.243. The molecule has 0 unspecified atom stereocenters. The summed E-state index contributed by atoms with van der Waals surface area (Å²) in [6.07, 6.45) is 4.75. The standard InChI is InChI=1S/C21H26FNO/c22-20-8-4-9-21(17-20)24-15-5-12-23-13-10-19(11-14-23)16-18-6-2-1-3-7-18/h1-4,6-9,17,19H,5,10-16H2. The quantitative estimate of drug-likeness (QED) is 0.692. The zero-order chi connectivity index (χ0) is 16.6. The van der Waals surface area contributed by atoms with Crippen molar-refractivity contribution in [2.45, 2.75) is 25.7 Å². The topological polar surface area (TPSA) is 12.5 Å². The molecule has 0 aromatic heterocycles. The molecule has 1 aliphatic heterocycles. The molecule has 0 N–H and O–H groups in total. The molecule has 128 valence electrons. The second kappa shape index (κ2) is 8.84. The molecule has 0 amide bonds. The zero-order valence-corrected chi connectivity index (χ0v) is 14.2. The summed E-state index contributed by atoms with van der Waals surface area (Å²) in [5.74, 6) is 1.19. The number of hydrogen-bond donors (Lipinski definition) is 0. The van der Waals surface area contributed by atoms with Crippen molar-refractivity contribution in [2.75, 3.05) is 26.2 Å². The first-order valence-electron chi connectivity index (χ1n) is 8.94. The van der Waals surface area contributed by atoms with Gasteiger partial charge >= 0.3 is 0 Å². The predicted molar refractivity (Wildman–Crippen MR) is 95.8 cm³/mol. The van der Waals surface area contributed by atoms with Gasteiger partial charge in [-0.2, -0.15) is 0 Å². The lowest BCUT2D eigenvalue weighted by Crippen LogP contribution is -2.35. The molecule has 1 aliphatic rings. The number of benzene rings is 2. The number of likely N-dealkylation sites (tertiary alicyclic amines) is 1. The van der Waals surface area contributed by atoms with Crippen LogP contribution in [0.2, 0.25) is 0 Å². The highest BCUT2D eigenvalue weighted by atomic mass is 19.1. The van der Waals surface area contributed by atoms with Crippen molar-refractivity contribution in [1.29, 1.82) is 0 Å². The summed E-state index contributed by atoms with van der Waals surface area (Å²) in [5, 5.41) is 0. The third-order valence-corrected chi connectivity index (χ3v) is 4.76. The van der Waals surface area contributed by atoms with Gasteiger partial charge in [0.2, 0.25) is 0 Å². The van der Waals surface area contributed by atoms with E-state index in [1.54, 1.807) is 12.1 Å². The average molecular weight is 327 g/mol. The Hall–Kier alpha value is -1.87. The lowest BCUT2D eigenvalue weighted by molar-refractivity contribution is 0.170. The molecular formula is C21H26FNO. The van der Waals surface area contributed by atoms with Crippen molar-refractivity contribution in [1.82, 2.24) is 4.90 Å². The zero-order valence-electron chi connectivity index (χ0n) is 14.2. The van der Waals surface area contributed by atoms with Gasteiger partial charge in [-0.15, -0.1) is 0 Å². The van der Waals surface area contributed by atoms with Crippen LogP contribution in [0.3, 0.4) is 0 Å². The first-order valence-corrected chi connectivity index (χ1v) is 8.94. The first-order chi connectivity index (χ1) is 11.8. The minimum Gasteiger partial charge on any atom is -0.493 e. The van der Waals surface area contributed by atoms with Gasteiger partial charge in [-0.3, -0.25) is 0 Å². The molecule has 0 spiro atoms. The maximum Gasteiger partial charge on any atom is 0.126 e. The van der Waals surface area contributed by atoms with E-state index in [-0.39, 0.29) is 5.82 Å². The van der Waals surface area contributed by atoms with Crippen molar-refractivity contribution >= 4 is 0 Å². The molecule has 1 saturated heterocycles. The van der Waals surface area contributed by atoms with Crippen LogP contribution >= 0.6 is 0 Å². The van der Waals surface area contributed by atoms with Crippen molar-refractivity contribution in [2.24, 2.45) is 5.92 Å². The van der Waals surface area contributed by atoms with E-state index in [9.17, 15) is 4.39 Å². The van der Waals surface area contributed by atoms with Gasteiger partial charge in [0.25, 0.3) is 0 Å². The summed E-state index contributed by atoms with van der Waals surface area (Å²) in [6.45, 7) is 4.07. The molecular weight excluding hydrogens is 301 g/mol. The lowest BCUT2D eigenvalue weighted by atomic mass is 9.90. The number of rotatable bonds is 7. The van der Waals surface area contributed by atoms with E-state index in [0.717, 1.165) is 18.9 Å². The smallest absolute Gasteiger partial charge is 0.126 e. The Morgan fingerprint density at radius 3 is 2.54 bits per heavy atom. The largest absolute Gasteiger partial charge is 0.493 e. The normalized spacial score (nSPS) is 16.2. The van der Waals surface area contributed by atoms with Gasteiger partial charge in [-0.1, -0.05) is 36.4 Å². The molecule has 3 heteroatoms. The van der Waals surface area contributed by atoms with Crippen LogP contribution in [0.25, 0.3) is 0 Å². The molecule has 1 fully saturated rings. The van der Waals surface area contributed by atoms with E-state index in [1.807, 2.05) is 0 Å². The Bertz CT molecular complexity index is 608. The third kappa shape index (κ3) is 5.34. The molecule has 2 aromatic rings. The average Bonchev–Trinajstić information content (AvgIpc) is 2.61. The number of piperidine rings is 1. The Labute approximate surface area is 144 Å². The highest BCUT2D eigenvalue weighted by molar-refractivity contribution is 5.22. The summed E-state index contributed by atoms with van der Waals surface area (Å²) in [6, 6.07) is 17.2. The van der Waals surface area contributed by atoms with E-state index in [4.69, 9.17) is 4.74 Å². The maximum absolute atomic E-state index is 13.1. The monoisotopic (exact) mass is 327 g/mol. The van der Waals surface area contributed by atoms with Gasteiger partial charge in [-0.25, -0.2) is 4.39 Å². The Morgan fingerprint density at radius 2 is 1.79 bits per heavy atom. The number of hydrogen-bond acceptors (Lipinski definition) is 2. The van der Waals surface area contributed by atoms with E-state index < -0.39 is 0 Å². The lowest BCUT2D eigenvalue weighted by Gasteiger charge is -2.32. The van der Waals surface area contributed by atoms with Crippen LogP contribution in [-0.4, -0.2) is 31.1 Å². The molecule has 0 radical (unpaired) electrons. The van der Waals surface area contributed by atoms with Crippen LogP contribution in [0.15, 0.2) is 54.6 Å². The fourth-order valence-corrected chi connectivity index (χ4v) is 3.40. The van der Waals surface area contributed by atoms with Crippen LogP contribution < -0.4 is 4.74 Å². The van der Waals surface area contributed by atoms with Crippen LogP contribution in [0.4, 0.5) is 4.39 Å². The first kappa shape index (κ1) is 17.0. The van der Waals surface area contributed by atoms with E-state index in [2.05, 4.69) is 35.2 Å². The maximum atomic E-state index is 13.1. The van der Waals surface area contributed by atoms with Gasteiger partial charge in [0.1, 0.15) is 11.6 Å². The molecule has 24 heavy (non-hydrogen) atoms. The third-order valence-electron chi connectivity index (χ3n) is 4.76. The second-order valence-electron chi connectivity index (χ2n) is 6.63. The highest BCUT2D eigenvalue weighted by Crippen LogP contribution is 2.21. The summed E-state index contributed by atoms with van der Waals surface area (Å²) in [5.41, 5.74) is 1.46. The minimum absolute atomic E-state index is 0.243. The van der Waals surface area contributed by atoms with Crippen LogP contribution in [0.1, 0.15) is 24.8 Å². The van der Waals surface area contributed by atoms with Crippen molar-refractivity contribution in [3.05, 3.63) is 66.0 Å². The summed E-state index contributed by atoms with van der Waals surface area (Å²) < 4.78 is 18.7. The molecule has 0 saturated carbocycles. The molecule has 0 bridgehead atoms. The molecule has 2 nitrogen and oxygen atoms in total. The van der Waals surface area contributed by atoms with Crippen LogP contribution in [-0.2, 0) is 6.42 Å². The second-order valence-corrected chi connectivity index (χ2v) is 6.63. The highest BCUT2D eigenvalue weighted by Gasteiger charge is 2.18. The van der Waals surface area contributed by atoms with Gasteiger partial charge in [-0.05, 0) is 62.4 Å². The van der Waals surface area contributed by atoms with Gasteiger partial charge in [0.15, 0.2) is 0 Å². The fourth-order valence-electron chi connectivity index (χ4n) is 3.40. The molecule has 3 rings (SSSR count). The van der Waals surface area contributed by atoms with Crippen molar-refractivity contribution < 1.29 is 9.13 Å². The van der Waals surface area contributed by atoms with E-state index in [0.29, 0.717) is 12.4 Å². The predicted octanol–water partition coefficient (Wildman–Crippen LogP) is 4.55.